The van der Waals surface area contributed by atoms with Gasteiger partial charge < -0.3 is 29.7 Å². The van der Waals surface area contributed by atoms with Gasteiger partial charge >= 0.3 is 12.2 Å². The van der Waals surface area contributed by atoms with Gasteiger partial charge in [0.05, 0.1) is 25.4 Å². The lowest BCUT2D eigenvalue weighted by Crippen LogP contribution is -2.51. The van der Waals surface area contributed by atoms with Gasteiger partial charge in [0.25, 0.3) is 0 Å². The maximum absolute atomic E-state index is 17.0. The predicted octanol–water partition coefficient (Wildman–Crippen LogP) is 6.27. The van der Waals surface area contributed by atoms with Crippen LogP contribution < -0.4 is 15.0 Å². The smallest absolute Gasteiger partial charge is 0.417 e. The second-order valence-electron chi connectivity index (χ2n) is 14.9. The van der Waals surface area contributed by atoms with E-state index in [1.54, 1.807) is 0 Å². The molecule has 0 amide bonds. The van der Waals surface area contributed by atoms with Crippen molar-refractivity contribution in [2.24, 2.45) is 17.3 Å². The van der Waals surface area contributed by atoms with Crippen molar-refractivity contribution in [2.75, 3.05) is 57.4 Å². The zero-order valence-electron chi connectivity index (χ0n) is 27.0. The first-order chi connectivity index (χ1) is 23.9. The number of likely N-dealkylation sites (tertiary alicyclic amines) is 1. The lowest BCUT2D eigenvalue weighted by Gasteiger charge is -2.34. The molecule has 9 rings (SSSR count). The number of phenolic OH excluding ortho intramolecular Hbond substituents is 1. The van der Waals surface area contributed by atoms with E-state index >= 15 is 8.78 Å². The summed E-state index contributed by atoms with van der Waals surface area (Å²) in [7, 11) is 0. The Morgan fingerprint density at radius 3 is 2.34 bits per heavy atom. The Balaban J connectivity index is 1.17. The molecule has 5 fully saturated rings. The molecule has 4 aromatic rings. The van der Waals surface area contributed by atoms with Gasteiger partial charge in [-0.15, -0.1) is 0 Å². The maximum Gasteiger partial charge on any atom is 0.417 e. The lowest BCUT2D eigenvalue weighted by molar-refractivity contribution is -0.137. The van der Waals surface area contributed by atoms with E-state index in [9.17, 15) is 22.7 Å². The molecular formula is C36H35F6N5O3. The van der Waals surface area contributed by atoms with Crippen molar-refractivity contribution in [3.63, 3.8) is 0 Å². The second kappa shape index (κ2) is 11.6. The first-order valence-corrected chi connectivity index (χ1v) is 17.1. The Bertz CT molecular complexity index is 2000. The highest BCUT2D eigenvalue weighted by Crippen LogP contribution is 2.49. The molecule has 3 aromatic carbocycles. The van der Waals surface area contributed by atoms with Crippen molar-refractivity contribution in [3.05, 3.63) is 53.3 Å². The van der Waals surface area contributed by atoms with Gasteiger partial charge in [0.2, 0.25) is 0 Å². The largest absolute Gasteiger partial charge is 0.508 e. The van der Waals surface area contributed by atoms with Crippen LogP contribution in [-0.4, -0.2) is 84.6 Å². The highest BCUT2D eigenvalue weighted by atomic mass is 19.4. The zero-order chi connectivity index (χ0) is 34.5. The number of halogens is 6. The Kier molecular flexibility index (Phi) is 7.42. The molecule has 5 heterocycles. The molecule has 0 radical (unpaired) electrons. The Morgan fingerprint density at radius 1 is 0.940 bits per heavy atom. The molecule has 5 aliphatic rings. The number of nitrogens with one attached hydrogen (secondary N) is 1. The number of anilines is 1. The van der Waals surface area contributed by atoms with Crippen molar-refractivity contribution in [1.29, 1.82) is 0 Å². The van der Waals surface area contributed by atoms with Gasteiger partial charge in [-0.1, -0.05) is 6.07 Å². The molecular weight excluding hydrogens is 664 g/mol. The molecule has 1 aromatic heterocycles. The molecule has 4 aliphatic heterocycles. The van der Waals surface area contributed by atoms with Crippen LogP contribution in [0, 0.1) is 34.7 Å². The number of fused-ring (bicyclic) bond motifs is 5. The number of alkyl halides is 3. The van der Waals surface area contributed by atoms with Crippen LogP contribution in [0.3, 0.4) is 0 Å². The third-order valence-electron chi connectivity index (χ3n) is 11.3. The van der Waals surface area contributed by atoms with E-state index < -0.39 is 57.0 Å². The second-order valence-corrected chi connectivity index (χ2v) is 14.9. The Hall–Kier alpha value is -3.88. The minimum atomic E-state index is -5.13. The van der Waals surface area contributed by atoms with E-state index in [1.807, 2.05) is 4.90 Å². The van der Waals surface area contributed by atoms with Crippen LogP contribution in [0.4, 0.5) is 32.2 Å². The number of ether oxygens (including phenoxy) is 2. The molecule has 0 spiro atoms. The average molecular weight is 700 g/mol. The minimum Gasteiger partial charge on any atom is -0.508 e. The molecule has 8 nitrogen and oxygen atoms in total. The fourth-order valence-corrected chi connectivity index (χ4v) is 8.66. The molecule has 1 aliphatic carbocycles. The Morgan fingerprint density at radius 2 is 1.66 bits per heavy atom. The number of aromatic hydroxyl groups is 1. The van der Waals surface area contributed by atoms with E-state index in [0.717, 1.165) is 88.9 Å². The quantitative estimate of drug-likeness (QED) is 0.219. The molecule has 1 saturated carbocycles. The number of phenols is 1. The summed E-state index contributed by atoms with van der Waals surface area (Å²) in [6, 6.07) is 4.59. The van der Waals surface area contributed by atoms with Crippen LogP contribution in [-0.2, 0) is 10.9 Å². The molecule has 50 heavy (non-hydrogen) atoms. The van der Waals surface area contributed by atoms with Gasteiger partial charge in [-0.3, -0.25) is 0 Å². The average Bonchev–Trinajstić information content (AvgIpc) is 3.31. The van der Waals surface area contributed by atoms with Crippen LogP contribution in [0.15, 0.2) is 30.3 Å². The minimum absolute atomic E-state index is 0.0889. The molecule has 4 unspecified atom stereocenters. The summed E-state index contributed by atoms with van der Waals surface area (Å²) in [5.41, 5.74) is -3.70. The number of nitrogens with zero attached hydrogens (tertiary/aromatic N) is 4. The van der Waals surface area contributed by atoms with Crippen LogP contribution in [0.5, 0.6) is 11.8 Å². The van der Waals surface area contributed by atoms with E-state index in [1.165, 1.54) is 0 Å². The highest BCUT2D eigenvalue weighted by molar-refractivity contribution is 6.03. The fourth-order valence-electron chi connectivity index (χ4n) is 8.66. The summed E-state index contributed by atoms with van der Waals surface area (Å²) in [6.45, 7) is 5.42. The molecule has 14 heteroatoms. The van der Waals surface area contributed by atoms with Crippen molar-refractivity contribution >= 4 is 27.5 Å². The van der Waals surface area contributed by atoms with Crippen LogP contribution in [0.2, 0.25) is 0 Å². The van der Waals surface area contributed by atoms with Crippen molar-refractivity contribution in [3.8, 4) is 22.9 Å². The summed E-state index contributed by atoms with van der Waals surface area (Å²) < 4.78 is 103. The standard InChI is InChI=1S/C36H35F6N5O3/c37-27-4-1-18-7-23(48)8-24(28(18)30(27)38)29-26(36(40,41)42)9-25-32(31(29)39)44-34(45-33(25)47-12-21-2-3-22(13-47)43-21)50-17-35(5-6-35)16-46-10-19-14-49-15-20(19)11-46/h1,4,7-9,19-22,43,48H,2-3,5-6,10-17H2. The number of piperazine rings is 1. The monoisotopic (exact) mass is 699 g/mol. The van der Waals surface area contributed by atoms with E-state index in [4.69, 9.17) is 9.47 Å². The molecule has 264 valence electrons. The van der Waals surface area contributed by atoms with Crippen molar-refractivity contribution in [2.45, 2.75) is 43.9 Å². The number of hydrogen-bond acceptors (Lipinski definition) is 8. The third kappa shape index (κ3) is 5.50. The van der Waals surface area contributed by atoms with Crippen LogP contribution in [0.1, 0.15) is 31.2 Å². The SMILES string of the molecule is Oc1cc(-c2c(C(F)(F)F)cc3c(N4CC5CCC(C4)N5)nc(OCC4(CN5CC6COCC6C5)CC4)nc3c2F)c2c(F)c(F)ccc2c1. The number of rotatable bonds is 7. The molecule has 4 saturated heterocycles. The first-order valence-electron chi connectivity index (χ1n) is 17.1. The number of aromatic nitrogens is 2. The molecule has 4 atom stereocenters. The van der Waals surface area contributed by atoms with Gasteiger partial charge in [-0.25, -0.2) is 13.2 Å². The summed E-state index contributed by atoms with van der Waals surface area (Å²) >= 11 is 0. The van der Waals surface area contributed by atoms with Crippen molar-refractivity contribution in [1.82, 2.24) is 20.2 Å². The number of benzene rings is 3. The Labute approximate surface area is 283 Å². The molecule has 2 bridgehead atoms. The van der Waals surface area contributed by atoms with Gasteiger partial charge in [0.15, 0.2) is 17.5 Å². The van der Waals surface area contributed by atoms with Gasteiger partial charge in [0.1, 0.15) is 17.1 Å². The van der Waals surface area contributed by atoms with E-state index in [0.29, 0.717) is 24.9 Å². The first kappa shape index (κ1) is 32.1. The molecule has 2 N–H and O–H groups in total. The lowest BCUT2D eigenvalue weighted by atomic mass is 9.91. The zero-order valence-corrected chi connectivity index (χ0v) is 27.0. The van der Waals surface area contributed by atoms with Gasteiger partial charge in [-0.05, 0) is 60.9 Å². The van der Waals surface area contributed by atoms with E-state index in [-0.39, 0.29) is 46.7 Å². The summed E-state index contributed by atoms with van der Waals surface area (Å²) in [5.74, 6) is -3.55. The van der Waals surface area contributed by atoms with Crippen molar-refractivity contribution < 1.29 is 40.9 Å². The fraction of sp³-hybridized carbons (Fsp3) is 0.500. The predicted molar refractivity (Wildman–Crippen MR) is 173 cm³/mol. The summed E-state index contributed by atoms with van der Waals surface area (Å²) in [5, 5.41) is 13.1. The van der Waals surface area contributed by atoms with Gasteiger partial charge in [-0.2, -0.15) is 23.1 Å². The van der Waals surface area contributed by atoms with Crippen LogP contribution >= 0.6 is 0 Å². The normalized spacial score (nSPS) is 25.9. The topological polar surface area (TPSA) is 83.0 Å². The van der Waals surface area contributed by atoms with Gasteiger partial charge in [0, 0.05) is 78.4 Å². The summed E-state index contributed by atoms with van der Waals surface area (Å²) in [4.78, 5) is 13.3. The van der Waals surface area contributed by atoms with E-state index in [2.05, 4.69) is 20.2 Å². The maximum atomic E-state index is 17.0. The number of hydrogen-bond donors (Lipinski definition) is 2. The highest BCUT2D eigenvalue weighted by Gasteiger charge is 2.48. The van der Waals surface area contributed by atoms with Crippen LogP contribution in [0.25, 0.3) is 32.8 Å². The third-order valence-corrected chi connectivity index (χ3v) is 11.3. The summed E-state index contributed by atoms with van der Waals surface area (Å²) in [6.07, 6.45) is -1.49.